The van der Waals surface area contributed by atoms with Crippen LogP contribution in [0.5, 0.6) is 0 Å². The SMILES string of the molecule is Cc1nn(C)cc1C(C)NC1CCCNC1=O. The van der Waals surface area contributed by atoms with Gasteiger partial charge in [0, 0.05) is 31.4 Å². The fraction of sp³-hybridized carbons (Fsp3) is 0.667. The van der Waals surface area contributed by atoms with E-state index in [4.69, 9.17) is 0 Å². The van der Waals surface area contributed by atoms with Crippen molar-refractivity contribution in [1.82, 2.24) is 20.4 Å². The van der Waals surface area contributed by atoms with Crippen molar-refractivity contribution in [2.45, 2.75) is 38.8 Å². The Morgan fingerprint density at radius 3 is 3.00 bits per heavy atom. The molecule has 94 valence electrons. The number of rotatable bonds is 3. The van der Waals surface area contributed by atoms with Gasteiger partial charge in [0.15, 0.2) is 0 Å². The first-order valence-electron chi connectivity index (χ1n) is 6.12. The molecule has 5 nitrogen and oxygen atoms in total. The van der Waals surface area contributed by atoms with Gasteiger partial charge < -0.3 is 5.32 Å². The monoisotopic (exact) mass is 236 g/mol. The quantitative estimate of drug-likeness (QED) is 0.810. The molecule has 1 fully saturated rings. The number of carbonyl (C=O) groups is 1. The zero-order valence-electron chi connectivity index (χ0n) is 10.7. The molecule has 2 heterocycles. The minimum Gasteiger partial charge on any atom is -0.355 e. The lowest BCUT2D eigenvalue weighted by Crippen LogP contribution is -2.48. The van der Waals surface area contributed by atoms with Gasteiger partial charge in [0.2, 0.25) is 5.91 Å². The number of amides is 1. The van der Waals surface area contributed by atoms with E-state index in [1.54, 1.807) is 0 Å². The molecule has 0 spiro atoms. The maximum Gasteiger partial charge on any atom is 0.237 e. The molecule has 1 aliphatic heterocycles. The van der Waals surface area contributed by atoms with Gasteiger partial charge in [-0.05, 0) is 26.7 Å². The average molecular weight is 236 g/mol. The number of aromatic nitrogens is 2. The van der Waals surface area contributed by atoms with Crippen molar-refractivity contribution in [2.24, 2.45) is 7.05 Å². The fourth-order valence-electron chi connectivity index (χ4n) is 2.37. The summed E-state index contributed by atoms with van der Waals surface area (Å²) in [6, 6.07) is 0.0795. The Morgan fingerprint density at radius 1 is 1.65 bits per heavy atom. The van der Waals surface area contributed by atoms with Crippen LogP contribution in [0.1, 0.15) is 37.1 Å². The van der Waals surface area contributed by atoms with Crippen LogP contribution in [0.2, 0.25) is 0 Å². The average Bonchev–Trinajstić information content (AvgIpc) is 2.61. The Kier molecular flexibility index (Phi) is 3.47. The molecule has 1 aromatic rings. The molecule has 1 aromatic heterocycles. The summed E-state index contributed by atoms with van der Waals surface area (Å²) in [4.78, 5) is 11.7. The summed E-state index contributed by atoms with van der Waals surface area (Å²) in [5.41, 5.74) is 2.18. The molecule has 0 saturated carbocycles. The molecule has 1 amide bonds. The molecule has 0 aliphatic carbocycles. The van der Waals surface area contributed by atoms with Gasteiger partial charge in [0.1, 0.15) is 0 Å². The first kappa shape index (κ1) is 12.1. The Morgan fingerprint density at radius 2 is 2.41 bits per heavy atom. The topological polar surface area (TPSA) is 59.0 Å². The zero-order valence-corrected chi connectivity index (χ0v) is 10.7. The van der Waals surface area contributed by atoms with Crippen LogP contribution in [0.3, 0.4) is 0 Å². The van der Waals surface area contributed by atoms with Crippen molar-refractivity contribution in [1.29, 1.82) is 0 Å². The van der Waals surface area contributed by atoms with Gasteiger partial charge in [-0.2, -0.15) is 5.10 Å². The van der Waals surface area contributed by atoms with Gasteiger partial charge in [0.25, 0.3) is 0 Å². The van der Waals surface area contributed by atoms with Crippen LogP contribution in [0.4, 0.5) is 0 Å². The maximum atomic E-state index is 11.7. The van der Waals surface area contributed by atoms with E-state index < -0.39 is 0 Å². The summed E-state index contributed by atoms with van der Waals surface area (Å²) >= 11 is 0. The van der Waals surface area contributed by atoms with Crippen LogP contribution in [-0.4, -0.2) is 28.3 Å². The minimum atomic E-state index is -0.0710. The third kappa shape index (κ3) is 2.66. The van der Waals surface area contributed by atoms with Crippen molar-refractivity contribution < 1.29 is 4.79 Å². The lowest BCUT2D eigenvalue weighted by atomic mass is 10.0. The fourth-order valence-corrected chi connectivity index (χ4v) is 2.37. The molecule has 2 rings (SSSR count). The third-order valence-corrected chi connectivity index (χ3v) is 3.25. The normalized spacial score (nSPS) is 22.3. The Balaban J connectivity index is 2.03. The third-order valence-electron chi connectivity index (χ3n) is 3.25. The summed E-state index contributed by atoms with van der Waals surface area (Å²) in [5, 5.41) is 10.6. The van der Waals surface area contributed by atoms with Crippen LogP contribution in [0, 0.1) is 6.92 Å². The predicted molar refractivity (Wildman–Crippen MR) is 65.5 cm³/mol. The molecule has 2 unspecified atom stereocenters. The maximum absolute atomic E-state index is 11.7. The first-order valence-corrected chi connectivity index (χ1v) is 6.12. The first-order chi connectivity index (χ1) is 8.08. The second-order valence-electron chi connectivity index (χ2n) is 4.72. The highest BCUT2D eigenvalue weighted by Gasteiger charge is 2.24. The van der Waals surface area contributed by atoms with Crippen molar-refractivity contribution in [3.8, 4) is 0 Å². The van der Waals surface area contributed by atoms with E-state index in [1.165, 1.54) is 0 Å². The molecule has 2 N–H and O–H groups in total. The molecule has 2 atom stereocenters. The van der Waals surface area contributed by atoms with Gasteiger partial charge in [-0.1, -0.05) is 0 Å². The highest BCUT2D eigenvalue weighted by Crippen LogP contribution is 2.17. The number of carbonyl (C=O) groups excluding carboxylic acids is 1. The van der Waals surface area contributed by atoms with Gasteiger partial charge in [-0.25, -0.2) is 0 Å². The lowest BCUT2D eigenvalue weighted by Gasteiger charge is -2.26. The summed E-state index contributed by atoms with van der Waals surface area (Å²) in [5.74, 6) is 0.115. The summed E-state index contributed by atoms with van der Waals surface area (Å²) < 4.78 is 1.81. The molecule has 5 heteroatoms. The molecule has 0 radical (unpaired) electrons. The van der Waals surface area contributed by atoms with Crippen molar-refractivity contribution in [2.75, 3.05) is 6.54 Å². The molecule has 0 aromatic carbocycles. The van der Waals surface area contributed by atoms with Crippen LogP contribution >= 0.6 is 0 Å². The number of piperidine rings is 1. The number of nitrogens with zero attached hydrogens (tertiary/aromatic N) is 2. The predicted octanol–water partition coefficient (Wildman–Crippen LogP) is 0.658. The molecular formula is C12H20N4O. The van der Waals surface area contributed by atoms with Gasteiger partial charge in [-0.3, -0.25) is 14.8 Å². The number of hydrogen-bond donors (Lipinski definition) is 2. The number of hydrogen-bond acceptors (Lipinski definition) is 3. The van der Waals surface area contributed by atoms with Crippen LogP contribution in [0.15, 0.2) is 6.20 Å². The van der Waals surface area contributed by atoms with Gasteiger partial charge in [0.05, 0.1) is 11.7 Å². The Labute approximate surface area is 102 Å². The summed E-state index contributed by atoms with van der Waals surface area (Å²) in [6.45, 7) is 4.87. The van der Waals surface area contributed by atoms with E-state index in [9.17, 15) is 4.79 Å². The minimum absolute atomic E-state index is 0.0710. The van der Waals surface area contributed by atoms with Crippen LogP contribution in [-0.2, 0) is 11.8 Å². The van der Waals surface area contributed by atoms with Crippen LogP contribution < -0.4 is 10.6 Å². The van der Waals surface area contributed by atoms with E-state index in [-0.39, 0.29) is 18.0 Å². The Bertz CT molecular complexity index is 413. The van der Waals surface area contributed by atoms with Crippen molar-refractivity contribution in [3.05, 3.63) is 17.5 Å². The van der Waals surface area contributed by atoms with Crippen molar-refractivity contribution in [3.63, 3.8) is 0 Å². The highest BCUT2D eigenvalue weighted by atomic mass is 16.2. The van der Waals surface area contributed by atoms with Crippen LogP contribution in [0.25, 0.3) is 0 Å². The van der Waals surface area contributed by atoms with E-state index in [1.807, 2.05) is 24.9 Å². The molecule has 1 aliphatic rings. The molecule has 1 saturated heterocycles. The number of nitrogens with one attached hydrogen (secondary N) is 2. The molecule has 0 bridgehead atoms. The lowest BCUT2D eigenvalue weighted by molar-refractivity contribution is -0.124. The summed E-state index contributed by atoms with van der Waals surface area (Å²) in [6.07, 6.45) is 3.96. The van der Waals surface area contributed by atoms with Crippen molar-refractivity contribution >= 4 is 5.91 Å². The number of aryl methyl sites for hydroxylation is 2. The molecule has 17 heavy (non-hydrogen) atoms. The zero-order chi connectivity index (χ0) is 12.4. The highest BCUT2D eigenvalue weighted by molar-refractivity contribution is 5.82. The second kappa shape index (κ2) is 4.87. The van der Waals surface area contributed by atoms with E-state index >= 15 is 0 Å². The Hall–Kier alpha value is -1.36. The smallest absolute Gasteiger partial charge is 0.237 e. The van der Waals surface area contributed by atoms with E-state index in [0.717, 1.165) is 30.6 Å². The largest absolute Gasteiger partial charge is 0.355 e. The van der Waals surface area contributed by atoms with E-state index in [0.29, 0.717) is 0 Å². The second-order valence-corrected chi connectivity index (χ2v) is 4.72. The van der Waals surface area contributed by atoms with Gasteiger partial charge >= 0.3 is 0 Å². The van der Waals surface area contributed by atoms with E-state index in [2.05, 4.69) is 22.7 Å². The molecular weight excluding hydrogens is 216 g/mol. The summed E-state index contributed by atoms with van der Waals surface area (Å²) in [7, 11) is 1.91. The van der Waals surface area contributed by atoms with Gasteiger partial charge in [-0.15, -0.1) is 0 Å². The standard InChI is InChI=1S/C12H20N4O/c1-8(10-7-16(3)15-9(10)2)14-11-5-4-6-13-12(11)17/h7-8,11,14H,4-6H2,1-3H3,(H,13,17).